The largest absolute Gasteiger partial charge is 0.476 e. The number of nitro groups is 1. The van der Waals surface area contributed by atoms with Crippen LogP contribution in [0.1, 0.15) is 28.5 Å². The summed E-state index contributed by atoms with van der Waals surface area (Å²) in [6.45, 7) is 1.79. The summed E-state index contributed by atoms with van der Waals surface area (Å²) in [6, 6.07) is 1.06. The van der Waals surface area contributed by atoms with Crippen molar-refractivity contribution in [3.05, 3.63) is 42.9 Å². The van der Waals surface area contributed by atoms with Crippen molar-refractivity contribution in [3.8, 4) is 0 Å². The number of aromatic nitrogens is 2. The Morgan fingerprint density at radius 3 is 2.86 bits per heavy atom. The number of carboxylic acid groups (broad SMARTS) is 1. The zero-order valence-corrected chi connectivity index (χ0v) is 13.0. The second-order valence-electron chi connectivity index (χ2n) is 4.02. The molecule has 0 saturated carbocycles. The molecule has 0 aliphatic heterocycles. The van der Waals surface area contributed by atoms with E-state index in [1.54, 1.807) is 6.92 Å². The van der Waals surface area contributed by atoms with Gasteiger partial charge < -0.3 is 10.4 Å². The highest BCUT2D eigenvalue weighted by Gasteiger charge is 2.17. The maximum Gasteiger partial charge on any atom is 0.355 e. The van der Waals surface area contributed by atoms with Crippen molar-refractivity contribution in [2.75, 3.05) is 5.32 Å². The number of hydrogen-bond acceptors (Lipinski definition) is 7. The Kier molecular flexibility index (Phi) is 4.48. The average Bonchev–Trinajstić information content (AvgIpc) is 2.90. The van der Waals surface area contributed by atoms with Crippen LogP contribution in [-0.2, 0) is 0 Å². The molecular weight excluding hydrogens is 364 g/mol. The first-order chi connectivity index (χ1) is 9.88. The number of rotatable bonds is 5. The average molecular weight is 373 g/mol. The van der Waals surface area contributed by atoms with Gasteiger partial charge in [-0.25, -0.2) is 14.8 Å². The van der Waals surface area contributed by atoms with Crippen LogP contribution in [-0.4, -0.2) is 26.0 Å². The lowest BCUT2D eigenvalue weighted by Gasteiger charge is -2.12. The Morgan fingerprint density at radius 1 is 1.62 bits per heavy atom. The molecule has 10 heteroatoms. The summed E-state index contributed by atoms with van der Waals surface area (Å²) in [5, 5.41) is 24.5. The molecule has 0 bridgehead atoms. The monoisotopic (exact) mass is 372 g/mol. The molecule has 0 amide bonds. The van der Waals surface area contributed by atoms with E-state index in [2.05, 4.69) is 31.2 Å². The van der Waals surface area contributed by atoms with Crippen molar-refractivity contribution < 1.29 is 14.8 Å². The Hall–Kier alpha value is -2.07. The number of halogens is 1. The van der Waals surface area contributed by atoms with E-state index in [1.165, 1.54) is 22.8 Å². The molecule has 110 valence electrons. The lowest BCUT2D eigenvalue weighted by atomic mass is 10.3. The number of carbonyl (C=O) groups is 1. The maximum absolute atomic E-state index is 10.8. The molecule has 0 spiro atoms. The molecule has 2 aromatic heterocycles. The van der Waals surface area contributed by atoms with E-state index in [0.717, 1.165) is 6.20 Å². The first-order valence-electron chi connectivity index (χ1n) is 5.63. The molecule has 2 aromatic rings. The van der Waals surface area contributed by atoms with Gasteiger partial charge in [0.15, 0.2) is 5.69 Å². The maximum atomic E-state index is 10.8. The van der Waals surface area contributed by atoms with E-state index >= 15 is 0 Å². The molecule has 21 heavy (non-hydrogen) atoms. The minimum atomic E-state index is -1.08. The summed E-state index contributed by atoms with van der Waals surface area (Å²) in [4.78, 5) is 28.8. The van der Waals surface area contributed by atoms with E-state index in [9.17, 15) is 14.9 Å². The topological polar surface area (TPSA) is 118 Å². The lowest BCUT2D eigenvalue weighted by Crippen LogP contribution is -2.09. The van der Waals surface area contributed by atoms with E-state index in [-0.39, 0.29) is 17.4 Å². The van der Waals surface area contributed by atoms with Gasteiger partial charge in [-0.2, -0.15) is 0 Å². The normalized spacial score (nSPS) is 11.9. The number of anilines is 1. The second kappa shape index (κ2) is 6.14. The van der Waals surface area contributed by atoms with Gasteiger partial charge in [0.1, 0.15) is 17.0 Å². The highest BCUT2D eigenvalue weighted by atomic mass is 79.9. The van der Waals surface area contributed by atoms with Crippen LogP contribution >= 0.6 is 27.3 Å². The molecule has 1 atom stereocenters. The summed E-state index contributed by atoms with van der Waals surface area (Å²) >= 11 is 4.42. The molecule has 0 aromatic carbocycles. The van der Waals surface area contributed by atoms with Crippen molar-refractivity contribution in [1.29, 1.82) is 0 Å². The Morgan fingerprint density at radius 2 is 2.33 bits per heavy atom. The number of carboxylic acids is 1. The van der Waals surface area contributed by atoms with Crippen molar-refractivity contribution >= 4 is 44.7 Å². The third-order valence-electron chi connectivity index (χ3n) is 2.50. The first kappa shape index (κ1) is 15.3. The van der Waals surface area contributed by atoms with Gasteiger partial charge in [0.2, 0.25) is 0 Å². The minimum absolute atomic E-state index is 0.0145. The summed E-state index contributed by atoms with van der Waals surface area (Å²) in [5.74, 6) is -0.667. The second-order valence-corrected chi connectivity index (χ2v) is 5.77. The standard InChI is InChI=1S/C11H9BrN4O4S/c1-5(10-15-8(4-21-10)11(17)18)14-9-7(12)2-6(3-13-9)16(19)20/h2-5H,1H3,(H,13,14)(H,17,18). The fourth-order valence-electron chi connectivity index (χ4n) is 1.49. The number of pyridine rings is 1. The predicted octanol–water partition coefficient (Wildman–Crippen LogP) is 3.08. The van der Waals surface area contributed by atoms with Gasteiger partial charge in [-0.05, 0) is 22.9 Å². The quantitative estimate of drug-likeness (QED) is 0.611. The molecule has 2 rings (SSSR count). The smallest absolute Gasteiger partial charge is 0.355 e. The van der Waals surface area contributed by atoms with Crippen LogP contribution in [0.5, 0.6) is 0 Å². The zero-order valence-electron chi connectivity index (χ0n) is 10.6. The molecule has 2 N–H and O–H groups in total. The summed E-state index contributed by atoms with van der Waals surface area (Å²) in [6.07, 6.45) is 1.14. The van der Waals surface area contributed by atoms with Crippen molar-refractivity contribution in [2.24, 2.45) is 0 Å². The van der Waals surface area contributed by atoms with E-state index in [1.807, 2.05) is 0 Å². The third kappa shape index (κ3) is 3.52. The molecule has 0 aliphatic carbocycles. The molecule has 8 nitrogen and oxygen atoms in total. The molecule has 1 unspecified atom stereocenters. The number of thiazole rings is 1. The molecule has 0 aliphatic rings. The third-order valence-corrected chi connectivity index (χ3v) is 4.13. The first-order valence-corrected chi connectivity index (χ1v) is 7.31. The Balaban J connectivity index is 2.17. The summed E-state index contributed by atoms with van der Waals surface area (Å²) in [5.41, 5.74) is -0.137. The molecular formula is C11H9BrN4O4S. The van der Waals surface area contributed by atoms with Gasteiger partial charge in [0.05, 0.1) is 15.4 Å². The van der Waals surface area contributed by atoms with Crippen LogP contribution in [0.4, 0.5) is 11.5 Å². The Labute approximate surface area is 131 Å². The lowest BCUT2D eigenvalue weighted by molar-refractivity contribution is -0.385. The SMILES string of the molecule is CC(Nc1ncc([N+](=O)[O-])cc1Br)c1nc(C(=O)O)cs1. The fraction of sp³-hybridized carbons (Fsp3) is 0.182. The van der Waals surface area contributed by atoms with Crippen LogP contribution in [0.3, 0.4) is 0 Å². The van der Waals surface area contributed by atoms with Gasteiger partial charge in [-0.3, -0.25) is 10.1 Å². The molecule has 0 fully saturated rings. The fourth-order valence-corrected chi connectivity index (χ4v) is 2.74. The Bertz CT molecular complexity index is 705. The van der Waals surface area contributed by atoms with Crippen LogP contribution in [0.2, 0.25) is 0 Å². The van der Waals surface area contributed by atoms with E-state index in [4.69, 9.17) is 5.11 Å². The van der Waals surface area contributed by atoms with Gasteiger partial charge in [0, 0.05) is 11.4 Å². The van der Waals surface area contributed by atoms with Crippen molar-refractivity contribution in [2.45, 2.75) is 13.0 Å². The van der Waals surface area contributed by atoms with E-state index < -0.39 is 10.9 Å². The van der Waals surface area contributed by atoms with E-state index in [0.29, 0.717) is 15.3 Å². The number of nitrogens with one attached hydrogen (secondary N) is 1. The molecule has 0 radical (unpaired) electrons. The molecule has 2 heterocycles. The number of nitrogens with zero attached hydrogens (tertiary/aromatic N) is 3. The van der Waals surface area contributed by atoms with Gasteiger partial charge in [0.25, 0.3) is 5.69 Å². The zero-order chi connectivity index (χ0) is 15.6. The summed E-state index contributed by atoms with van der Waals surface area (Å²) in [7, 11) is 0. The van der Waals surface area contributed by atoms with Gasteiger partial charge in [-0.15, -0.1) is 11.3 Å². The number of aromatic carboxylic acids is 1. The highest BCUT2D eigenvalue weighted by molar-refractivity contribution is 9.10. The molecule has 0 saturated heterocycles. The van der Waals surface area contributed by atoms with Gasteiger partial charge in [-0.1, -0.05) is 0 Å². The number of hydrogen-bond donors (Lipinski definition) is 2. The summed E-state index contributed by atoms with van der Waals surface area (Å²) < 4.78 is 0.443. The van der Waals surface area contributed by atoms with Crippen molar-refractivity contribution in [3.63, 3.8) is 0 Å². The highest BCUT2D eigenvalue weighted by Crippen LogP contribution is 2.28. The van der Waals surface area contributed by atoms with Crippen LogP contribution < -0.4 is 5.32 Å². The van der Waals surface area contributed by atoms with Crippen LogP contribution in [0.25, 0.3) is 0 Å². The van der Waals surface area contributed by atoms with Crippen molar-refractivity contribution in [1.82, 2.24) is 9.97 Å². The van der Waals surface area contributed by atoms with Crippen LogP contribution in [0.15, 0.2) is 22.1 Å². The minimum Gasteiger partial charge on any atom is -0.476 e. The van der Waals surface area contributed by atoms with Gasteiger partial charge >= 0.3 is 5.97 Å². The predicted molar refractivity (Wildman–Crippen MR) is 79.7 cm³/mol. The van der Waals surface area contributed by atoms with Crippen LogP contribution in [0, 0.1) is 10.1 Å².